The largest absolute Gasteiger partial charge is 0.392 e. The molecule has 0 heterocycles. The van der Waals surface area contributed by atoms with Crippen molar-refractivity contribution in [3.05, 3.63) is 0 Å². The van der Waals surface area contributed by atoms with Crippen LogP contribution in [0.3, 0.4) is 0 Å². The molecule has 3 atom stereocenters. The van der Waals surface area contributed by atoms with Gasteiger partial charge in [0.25, 0.3) is 0 Å². The van der Waals surface area contributed by atoms with Crippen molar-refractivity contribution in [2.75, 3.05) is 20.3 Å². The molecule has 2 nitrogen and oxygen atoms in total. The van der Waals surface area contributed by atoms with Crippen molar-refractivity contribution in [3.8, 4) is 0 Å². The second kappa shape index (κ2) is 7.34. The number of halogens is 3. The van der Waals surface area contributed by atoms with Gasteiger partial charge in [-0.25, -0.2) is 0 Å². The van der Waals surface area contributed by atoms with Gasteiger partial charge < -0.3 is 10.1 Å². The molecule has 1 N–H and O–H groups in total. The lowest BCUT2D eigenvalue weighted by Crippen LogP contribution is -2.46. The van der Waals surface area contributed by atoms with E-state index >= 15 is 0 Å². The molecule has 0 saturated heterocycles. The summed E-state index contributed by atoms with van der Waals surface area (Å²) in [7, 11) is 1.72. The van der Waals surface area contributed by atoms with Crippen molar-refractivity contribution >= 4 is 0 Å². The third-order valence-electron chi connectivity index (χ3n) is 3.77. The summed E-state index contributed by atoms with van der Waals surface area (Å²) in [6.45, 7) is 2.98. The van der Waals surface area contributed by atoms with Crippen LogP contribution in [0.2, 0.25) is 0 Å². The number of ether oxygens (including phenoxy) is 1. The first-order chi connectivity index (χ1) is 8.50. The first-order valence-electron chi connectivity index (χ1n) is 6.82. The molecule has 18 heavy (non-hydrogen) atoms. The van der Waals surface area contributed by atoms with E-state index in [1.165, 1.54) is 0 Å². The van der Waals surface area contributed by atoms with Gasteiger partial charge in [-0.1, -0.05) is 19.8 Å². The molecule has 0 aromatic heterocycles. The van der Waals surface area contributed by atoms with Crippen molar-refractivity contribution in [3.63, 3.8) is 0 Å². The summed E-state index contributed by atoms with van der Waals surface area (Å²) in [6.07, 6.45) is -0.698. The van der Waals surface area contributed by atoms with Crippen LogP contribution in [-0.4, -0.2) is 32.5 Å². The number of rotatable bonds is 6. The zero-order valence-electron chi connectivity index (χ0n) is 11.2. The van der Waals surface area contributed by atoms with Crippen molar-refractivity contribution in [2.24, 2.45) is 11.8 Å². The number of alkyl halides is 3. The topological polar surface area (TPSA) is 21.3 Å². The third-order valence-corrected chi connectivity index (χ3v) is 3.77. The lowest BCUT2D eigenvalue weighted by atomic mass is 9.75. The van der Waals surface area contributed by atoms with Gasteiger partial charge in [0.15, 0.2) is 0 Å². The number of likely N-dealkylation sites (N-methyl/N-ethyl adjacent to an activating group) is 1. The van der Waals surface area contributed by atoms with Gasteiger partial charge in [-0.3, -0.25) is 0 Å². The molecule has 0 spiro atoms. The van der Waals surface area contributed by atoms with Crippen LogP contribution in [0.15, 0.2) is 0 Å². The normalized spacial score (nSPS) is 27.2. The van der Waals surface area contributed by atoms with E-state index in [0.717, 1.165) is 12.8 Å². The van der Waals surface area contributed by atoms with E-state index < -0.39 is 12.1 Å². The number of nitrogens with one attached hydrogen (secondary N) is 1. The maximum Gasteiger partial charge on any atom is 0.392 e. The minimum Gasteiger partial charge on any atom is -0.380 e. The lowest BCUT2D eigenvalue weighted by Gasteiger charge is -2.37. The highest BCUT2D eigenvalue weighted by Gasteiger charge is 2.47. The summed E-state index contributed by atoms with van der Waals surface area (Å²) in [4.78, 5) is 0. The Balaban J connectivity index is 2.62. The molecule has 1 saturated carbocycles. The van der Waals surface area contributed by atoms with Gasteiger partial charge >= 0.3 is 6.18 Å². The maximum atomic E-state index is 13.0. The highest BCUT2D eigenvalue weighted by atomic mass is 19.4. The van der Waals surface area contributed by atoms with Crippen LogP contribution in [0.1, 0.15) is 39.0 Å². The Hall–Kier alpha value is -0.290. The molecule has 0 aromatic carbocycles. The predicted molar refractivity (Wildman–Crippen MR) is 65.5 cm³/mol. The highest BCUT2D eigenvalue weighted by molar-refractivity contribution is 4.87. The Kier molecular flexibility index (Phi) is 6.43. The lowest BCUT2D eigenvalue weighted by molar-refractivity contribution is -0.200. The van der Waals surface area contributed by atoms with Crippen molar-refractivity contribution in [1.29, 1.82) is 0 Å². The van der Waals surface area contributed by atoms with Gasteiger partial charge in [0, 0.05) is 12.6 Å². The summed E-state index contributed by atoms with van der Waals surface area (Å²) in [5.74, 6) is -1.52. The van der Waals surface area contributed by atoms with Crippen molar-refractivity contribution in [1.82, 2.24) is 5.32 Å². The predicted octanol–water partition coefficient (Wildman–Crippen LogP) is 3.37. The minimum atomic E-state index is -4.08. The average Bonchev–Trinajstić information content (AvgIpc) is 2.34. The molecule has 1 rings (SSSR count). The second-order valence-corrected chi connectivity index (χ2v) is 5.07. The Morgan fingerprint density at radius 2 is 1.94 bits per heavy atom. The van der Waals surface area contributed by atoms with Gasteiger partial charge in [-0.05, 0) is 32.2 Å². The number of hydrogen-bond donors (Lipinski definition) is 1. The van der Waals surface area contributed by atoms with Crippen molar-refractivity contribution < 1.29 is 17.9 Å². The van der Waals surface area contributed by atoms with E-state index in [9.17, 15) is 13.2 Å². The maximum absolute atomic E-state index is 13.0. The monoisotopic (exact) mass is 267 g/mol. The molecule has 0 aliphatic heterocycles. The van der Waals surface area contributed by atoms with E-state index in [1.807, 2.05) is 6.92 Å². The standard InChI is InChI=1S/C13H24F3NO/c1-3-8-18-9-12(17-2)10-6-4-5-7-11(10)13(14,15)16/h10-12,17H,3-9H2,1-2H3. The van der Waals surface area contributed by atoms with Crippen LogP contribution in [-0.2, 0) is 4.74 Å². The first-order valence-corrected chi connectivity index (χ1v) is 6.82. The summed E-state index contributed by atoms with van der Waals surface area (Å²) >= 11 is 0. The van der Waals surface area contributed by atoms with Crippen LogP contribution in [0.5, 0.6) is 0 Å². The molecule has 0 aromatic rings. The van der Waals surface area contributed by atoms with Gasteiger partial charge in [0.05, 0.1) is 12.5 Å². The zero-order valence-corrected chi connectivity index (χ0v) is 11.2. The molecule has 3 unspecified atom stereocenters. The Bertz CT molecular complexity index is 233. The fourth-order valence-electron chi connectivity index (χ4n) is 2.82. The fraction of sp³-hybridized carbons (Fsp3) is 1.00. The zero-order chi connectivity index (χ0) is 13.6. The van der Waals surface area contributed by atoms with Crippen LogP contribution in [0, 0.1) is 11.8 Å². The average molecular weight is 267 g/mol. The Morgan fingerprint density at radius 1 is 1.28 bits per heavy atom. The van der Waals surface area contributed by atoms with Crippen LogP contribution >= 0.6 is 0 Å². The molecular weight excluding hydrogens is 243 g/mol. The summed E-state index contributed by atoms with van der Waals surface area (Å²) in [5.41, 5.74) is 0. The molecule has 0 radical (unpaired) electrons. The van der Waals surface area contributed by atoms with Gasteiger partial charge in [-0.15, -0.1) is 0 Å². The quantitative estimate of drug-likeness (QED) is 0.745. The number of hydrogen-bond acceptors (Lipinski definition) is 2. The second-order valence-electron chi connectivity index (χ2n) is 5.07. The van der Waals surface area contributed by atoms with Crippen LogP contribution < -0.4 is 5.32 Å². The molecule has 1 aliphatic rings. The third kappa shape index (κ3) is 4.43. The van der Waals surface area contributed by atoms with E-state index in [-0.39, 0.29) is 18.4 Å². The van der Waals surface area contributed by atoms with Gasteiger partial charge in [0.2, 0.25) is 0 Å². The summed E-state index contributed by atoms with van der Waals surface area (Å²) in [6, 6.07) is -0.191. The van der Waals surface area contributed by atoms with E-state index in [0.29, 0.717) is 26.1 Å². The summed E-state index contributed by atoms with van der Waals surface area (Å²) < 4.78 is 44.4. The smallest absolute Gasteiger partial charge is 0.380 e. The molecule has 5 heteroatoms. The Labute approximate surface area is 107 Å². The van der Waals surface area contributed by atoms with E-state index in [1.54, 1.807) is 7.05 Å². The van der Waals surface area contributed by atoms with E-state index in [2.05, 4.69) is 5.32 Å². The highest BCUT2D eigenvalue weighted by Crippen LogP contribution is 2.42. The van der Waals surface area contributed by atoms with Crippen LogP contribution in [0.25, 0.3) is 0 Å². The molecular formula is C13H24F3NO. The SMILES string of the molecule is CCCOCC(NC)C1CCCCC1C(F)(F)F. The molecule has 1 fully saturated rings. The van der Waals surface area contributed by atoms with Crippen molar-refractivity contribution in [2.45, 2.75) is 51.2 Å². The molecule has 1 aliphatic carbocycles. The summed E-state index contributed by atoms with van der Waals surface area (Å²) in [5, 5.41) is 3.01. The molecule has 0 amide bonds. The molecule has 0 bridgehead atoms. The van der Waals surface area contributed by atoms with E-state index in [4.69, 9.17) is 4.74 Å². The molecule has 108 valence electrons. The van der Waals surface area contributed by atoms with Gasteiger partial charge in [-0.2, -0.15) is 13.2 Å². The fourth-order valence-corrected chi connectivity index (χ4v) is 2.82. The Morgan fingerprint density at radius 3 is 2.50 bits per heavy atom. The first kappa shape index (κ1) is 15.8. The van der Waals surface area contributed by atoms with Crippen LogP contribution in [0.4, 0.5) is 13.2 Å². The minimum absolute atomic E-state index is 0.191. The van der Waals surface area contributed by atoms with Gasteiger partial charge in [0.1, 0.15) is 0 Å².